The maximum absolute atomic E-state index is 9.62. The van der Waals surface area contributed by atoms with Crippen LogP contribution in [0.1, 0.15) is 44.2 Å². The third-order valence-corrected chi connectivity index (χ3v) is 4.59. The van der Waals surface area contributed by atoms with Gasteiger partial charge in [-0.05, 0) is 53.2 Å². The summed E-state index contributed by atoms with van der Waals surface area (Å²) in [4.78, 5) is 0. The summed E-state index contributed by atoms with van der Waals surface area (Å²) in [5, 5.41) is 9.62. The summed E-state index contributed by atoms with van der Waals surface area (Å²) in [6, 6.07) is 4.20. The topological polar surface area (TPSA) is 29.5 Å². The van der Waals surface area contributed by atoms with E-state index < -0.39 is 0 Å². The molecule has 1 aromatic rings. The molecule has 0 radical (unpaired) electrons. The lowest BCUT2D eigenvalue weighted by Gasteiger charge is -2.29. The van der Waals surface area contributed by atoms with Crippen LogP contribution >= 0.6 is 15.9 Å². The molecule has 0 atom stereocenters. The molecule has 0 unspecified atom stereocenters. The summed E-state index contributed by atoms with van der Waals surface area (Å²) in [6.07, 6.45) is 3.89. The molecule has 1 aliphatic carbocycles. The number of hydrogen-bond donors (Lipinski definition) is 1. The Morgan fingerprint density at radius 3 is 2.58 bits per heavy atom. The van der Waals surface area contributed by atoms with Gasteiger partial charge < -0.3 is 9.84 Å². The minimum Gasteiger partial charge on any atom is -0.492 e. The van der Waals surface area contributed by atoms with Crippen molar-refractivity contribution in [3.8, 4) is 5.75 Å². The van der Waals surface area contributed by atoms with Gasteiger partial charge in [-0.2, -0.15) is 0 Å². The van der Waals surface area contributed by atoms with E-state index in [4.69, 9.17) is 4.74 Å². The van der Waals surface area contributed by atoms with E-state index in [2.05, 4.69) is 35.0 Å². The second-order valence-electron chi connectivity index (χ2n) is 6.27. The highest BCUT2D eigenvalue weighted by Gasteiger charge is 2.27. The molecule has 2 nitrogen and oxygen atoms in total. The van der Waals surface area contributed by atoms with Crippen molar-refractivity contribution in [2.75, 3.05) is 13.2 Å². The van der Waals surface area contributed by atoms with Crippen LogP contribution in [0.15, 0.2) is 16.6 Å². The Labute approximate surface area is 124 Å². The highest BCUT2D eigenvalue weighted by Crippen LogP contribution is 2.39. The van der Waals surface area contributed by atoms with E-state index in [1.807, 2.05) is 13.8 Å². The monoisotopic (exact) mass is 326 g/mol. The lowest BCUT2D eigenvalue weighted by Crippen LogP contribution is -2.25. The van der Waals surface area contributed by atoms with Crippen molar-refractivity contribution in [3.05, 3.63) is 27.7 Å². The van der Waals surface area contributed by atoms with Crippen LogP contribution in [-0.2, 0) is 5.41 Å². The van der Waals surface area contributed by atoms with E-state index in [9.17, 15) is 5.11 Å². The van der Waals surface area contributed by atoms with Crippen molar-refractivity contribution < 1.29 is 9.84 Å². The molecule has 0 aromatic heterocycles. The average Bonchev–Trinajstić information content (AvgIpc) is 2.29. The molecule has 0 bridgehead atoms. The number of hydrogen-bond acceptors (Lipinski definition) is 2. The van der Waals surface area contributed by atoms with Crippen molar-refractivity contribution in [1.29, 1.82) is 0 Å². The fourth-order valence-electron chi connectivity index (χ4n) is 2.32. The molecule has 2 rings (SSSR count). The second-order valence-corrected chi connectivity index (χ2v) is 7.13. The van der Waals surface area contributed by atoms with Crippen LogP contribution < -0.4 is 4.74 Å². The Kier molecular flexibility index (Phi) is 4.57. The lowest BCUT2D eigenvalue weighted by molar-refractivity contribution is 0.171. The number of rotatable bonds is 5. The summed E-state index contributed by atoms with van der Waals surface area (Å²) >= 11 is 3.60. The van der Waals surface area contributed by atoms with Crippen molar-refractivity contribution >= 4 is 15.9 Å². The van der Waals surface area contributed by atoms with Crippen LogP contribution in [0.3, 0.4) is 0 Å². The molecule has 19 heavy (non-hydrogen) atoms. The number of aliphatic hydroxyl groups excluding tert-OH is 1. The Morgan fingerprint density at radius 1 is 1.37 bits per heavy atom. The molecule has 3 heteroatoms. The van der Waals surface area contributed by atoms with Gasteiger partial charge in [0.25, 0.3) is 0 Å². The standard InChI is InChI=1S/C16H23BrO2/c1-11-7-13(16(2,3)10-18)15(14(17)8-11)19-9-12-5-4-6-12/h7-8,12,18H,4-6,9-10H2,1-3H3. The molecule has 0 spiro atoms. The number of halogens is 1. The van der Waals surface area contributed by atoms with Gasteiger partial charge in [0.15, 0.2) is 0 Å². The van der Waals surface area contributed by atoms with Crippen LogP contribution in [0.25, 0.3) is 0 Å². The molecule has 1 fully saturated rings. The smallest absolute Gasteiger partial charge is 0.137 e. The van der Waals surface area contributed by atoms with Crippen LogP contribution in [-0.4, -0.2) is 18.3 Å². The highest BCUT2D eigenvalue weighted by atomic mass is 79.9. The zero-order chi connectivity index (χ0) is 14.0. The first-order valence-electron chi connectivity index (χ1n) is 6.98. The van der Waals surface area contributed by atoms with Crippen LogP contribution in [0.4, 0.5) is 0 Å². The third-order valence-electron chi connectivity index (χ3n) is 4.00. The van der Waals surface area contributed by atoms with Crippen LogP contribution in [0, 0.1) is 12.8 Å². The predicted octanol–water partition coefficient (Wildman–Crippen LogP) is 4.21. The molecule has 0 heterocycles. The SMILES string of the molecule is Cc1cc(Br)c(OCC2CCC2)c(C(C)(C)CO)c1. The molecule has 1 saturated carbocycles. The summed E-state index contributed by atoms with van der Waals surface area (Å²) in [5.41, 5.74) is 1.98. The Balaban J connectivity index is 2.28. The average molecular weight is 327 g/mol. The lowest BCUT2D eigenvalue weighted by atomic mass is 9.84. The zero-order valence-corrected chi connectivity index (χ0v) is 13.6. The van der Waals surface area contributed by atoms with Gasteiger partial charge in [-0.3, -0.25) is 0 Å². The molecule has 0 amide bonds. The van der Waals surface area contributed by atoms with E-state index in [1.165, 1.54) is 24.8 Å². The molecule has 1 aliphatic rings. The largest absolute Gasteiger partial charge is 0.492 e. The Bertz CT molecular complexity index is 450. The van der Waals surface area contributed by atoms with Crippen LogP contribution in [0.5, 0.6) is 5.75 Å². The summed E-state index contributed by atoms with van der Waals surface area (Å²) in [5.74, 6) is 1.61. The van der Waals surface area contributed by atoms with Crippen molar-refractivity contribution in [2.45, 2.75) is 45.4 Å². The van der Waals surface area contributed by atoms with Crippen molar-refractivity contribution in [1.82, 2.24) is 0 Å². The molecule has 1 N–H and O–H groups in total. The van der Waals surface area contributed by atoms with E-state index in [1.54, 1.807) is 0 Å². The van der Waals surface area contributed by atoms with E-state index >= 15 is 0 Å². The van der Waals surface area contributed by atoms with Gasteiger partial charge in [-0.15, -0.1) is 0 Å². The quantitative estimate of drug-likeness (QED) is 0.878. The summed E-state index contributed by atoms with van der Waals surface area (Å²) < 4.78 is 7.05. The van der Waals surface area contributed by atoms with Gasteiger partial charge in [-0.25, -0.2) is 0 Å². The normalized spacial score (nSPS) is 16.3. The molecule has 1 aromatic carbocycles. The second kappa shape index (κ2) is 5.84. The van der Waals surface area contributed by atoms with Gasteiger partial charge in [0, 0.05) is 11.0 Å². The van der Waals surface area contributed by atoms with E-state index in [-0.39, 0.29) is 12.0 Å². The first-order chi connectivity index (χ1) is 8.94. The number of aryl methyl sites for hydroxylation is 1. The first-order valence-corrected chi connectivity index (χ1v) is 7.77. The first kappa shape index (κ1) is 14.9. The van der Waals surface area contributed by atoms with Gasteiger partial charge in [0.2, 0.25) is 0 Å². The molecule has 0 aliphatic heterocycles. The molecular formula is C16H23BrO2. The Hall–Kier alpha value is -0.540. The molecular weight excluding hydrogens is 304 g/mol. The van der Waals surface area contributed by atoms with Gasteiger partial charge in [0.1, 0.15) is 5.75 Å². The maximum atomic E-state index is 9.62. The highest BCUT2D eigenvalue weighted by molar-refractivity contribution is 9.10. The number of aliphatic hydroxyl groups is 1. The van der Waals surface area contributed by atoms with Gasteiger partial charge >= 0.3 is 0 Å². The predicted molar refractivity (Wildman–Crippen MR) is 81.8 cm³/mol. The van der Waals surface area contributed by atoms with E-state index in [0.29, 0.717) is 5.92 Å². The zero-order valence-electron chi connectivity index (χ0n) is 12.0. The summed E-state index contributed by atoms with van der Waals surface area (Å²) in [6.45, 7) is 7.06. The number of benzene rings is 1. The molecule has 0 saturated heterocycles. The van der Waals surface area contributed by atoms with Crippen molar-refractivity contribution in [2.24, 2.45) is 5.92 Å². The molecule has 106 valence electrons. The maximum Gasteiger partial charge on any atom is 0.137 e. The van der Waals surface area contributed by atoms with Crippen molar-refractivity contribution in [3.63, 3.8) is 0 Å². The fourth-order valence-corrected chi connectivity index (χ4v) is 3.01. The minimum absolute atomic E-state index is 0.114. The third kappa shape index (κ3) is 3.32. The summed E-state index contributed by atoms with van der Waals surface area (Å²) in [7, 11) is 0. The van der Waals surface area contributed by atoms with Gasteiger partial charge in [0.05, 0.1) is 17.7 Å². The van der Waals surface area contributed by atoms with Gasteiger partial charge in [-0.1, -0.05) is 26.3 Å². The van der Waals surface area contributed by atoms with E-state index in [0.717, 1.165) is 22.4 Å². The minimum atomic E-state index is -0.288. The Morgan fingerprint density at radius 2 is 2.05 bits per heavy atom. The van der Waals surface area contributed by atoms with Crippen LogP contribution in [0.2, 0.25) is 0 Å². The fraction of sp³-hybridized carbons (Fsp3) is 0.625. The number of ether oxygens (including phenoxy) is 1.